The molecule has 7 nitrogen and oxygen atoms in total. The molecule has 1 aliphatic heterocycles. The van der Waals surface area contributed by atoms with Crippen LogP contribution in [-0.4, -0.2) is 80.0 Å². The van der Waals surface area contributed by atoms with Gasteiger partial charge in [-0.2, -0.15) is 0 Å². The highest BCUT2D eigenvalue weighted by atomic mass is 16.5. The highest BCUT2D eigenvalue weighted by Crippen LogP contribution is 2.35. The lowest BCUT2D eigenvalue weighted by Gasteiger charge is -2.11. The number of aromatic nitrogens is 2. The Bertz CT molecular complexity index is 1700. The van der Waals surface area contributed by atoms with Crippen LogP contribution in [0, 0.1) is 0 Å². The van der Waals surface area contributed by atoms with Crippen molar-refractivity contribution < 1.29 is 9.47 Å². The number of ether oxygens (including phenoxy) is 2. The number of aliphatic imine (C=N–C) groups is 1. The molecule has 1 N–H and O–H groups in total. The molecule has 0 saturated heterocycles. The van der Waals surface area contributed by atoms with Gasteiger partial charge in [-0.05, 0) is 117 Å². The molecule has 6 rings (SSSR count). The Balaban J connectivity index is 1.16. The van der Waals surface area contributed by atoms with E-state index in [4.69, 9.17) is 19.5 Å². The molecule has 0 bridgehead atoms. The second kappa shape index (κ2) is 12.2. The standard InChI is InChI=1S/C35H37N5O2/c1-39(2)17-19-41-29-12-7-24(8-13-29)32-23-28-6-5-26(21-33(28)36-32)27-11-16-31-34(22-27)38-35(37-31)25-9-14-30(15-10-25)42-20-18-40(3)4/h5-16,21-22H,17-20,23H2,1-4H3,(H,37,38). The Morgan fingerprint density at radius 1 is 0.667 bits per heavy atom. The molecule has 0 aliphatic carbocycles. The maximum absolute atomic E-state index is 5.85. The summed E-state index contributed by atoms with van der Waals surface area (Å²) < 4.78 is 11.7. The van der Waals surface area contributed by atoms with Crippen LogP contribution in [-0.2, 0) is 6.42 Å². The van der Waals surface area contributed by atoms with Crippen molar-refractivity contribution in [1.29, 1.82) is 0 Å². The number of rotatable bonds is 11. The Kier molecular flexibility index (Phi) is 8.04. The lowest BCUT2D eigenvalue weighted by Crippen LogP contribution is -2.19. The molecule has 0 radical (unpaired) electrons. The van der Waals surface area contributed by atoms with Gasteiger partial charge in [0.2, 0.25) is 0 Å². The van der Waals surface area contributed by atoms with Crippen LogP contribution in [0.3, 0.4) is 0 Å². The van der Waals surface area contributed by atoms with Crippen molar-refractivity contribution in [2.75, 3.05) is 54.5 Å². The van der Waals surface area contributed by atoms with Gasteiger partial charge in [-0.3, -0.25) is 4.99 Å². The smallest absolute Gasteiger partial charge is 0.138 e. The molecule has 7 heteroatoms. The van der Waals surface area contributed by atoms with E-state index in [0.717, 1.165) is 81.5 Å². The first-order valence-electron chi connectivity index (χ1n) is 14.4. The fourth-order valence-corrected chi connectivity index (χ4v) is 5.00. The molecule has 0 saturated carbocycles. The van der Waals surface area contributed by atoms with Gasteiger partial charge in [0.1, 0.15) is 30.5 Å². The van der Waals surface area contributed by atoms with Crippen molar-refractivity contribution in [3.05, 3.63) is 96.1 Å². The molecule has 1 aliphatic rings. The Morgan fingerprint density at radius 3 is 1.88 bits per heavy atom. The molecule has 0 atom stereocenters. The van der Waals surface area contributed by atoms with Crippen LogP contribution in [0.4, 0.5) is 5.69 Å². The van der Waals surface area contributed by atoms with Gasteiger partial charge in [0, 0.05) is 25.1 Å². The molecule has 5 aromatic rings. The topological polar surface area (TPSA) is 66.0 Å². The van der Waals surface area contributed by atoms with E-state index in [9.17, 15) is 0 Å². The normalized spacial score (nSPS) is 12.7. The van der Waals surface area contributed by atoms with Crippen LogP contribution < -0.4 is 9.47 Å². The summed E-state index contributed by atoms with van der Waals surface area (Å²) >= 11 is 0. The predicted octanol–water partition coefficient (Wildman–Crippen LogP) is 6.45. The van der Waals surface area contributed by atoms with Crippen LogP contribution in [0.5, 0.6) is 11.5 Å². The van der Waals surface area contributed by atoms with E-state index in [1.165, 1.54) is 5.56 Å². The molecule has 0 spiro atoms. The summed E-state index contributed by atoms with van der Waals surface area (Å²) in [5, 5.41) is 0. The summed E-state index contributed by atoms with van der Waals surface area (Å²) in [6.45, 7) is 3.11. The zero-order chi connectivity index (χ0) is 29.1. The number of fused-ring (bicyclic) bond motifs is 2. The summed E-state index contributed by atoms with van der Waals surface area (Å²) in [5.74, 6) is 2.60. The van der Waals surface area contributed by atoms with E-state index in [1.54, 1.807) is 0 Å². The number of nitrogens with one attached hydrogen (secondary N) is 1. The van der Waals surface area contributed by atoms with Gasteiger partial charge >= 0.3 is 0 Å². The van der Waals surface area contributed by atoms with Crippen LogP contribution in [0.1, 0.15) is 11.1 Å². The number of nitrogens with zero attached hydrogens (tertiary/aromatic N) is 4. The molecule has 42 heavy (non-hydrogen) atoms. The molecule has 4 aromatic carbocycles. The second-order valence-corrected chi connectivity index (χ2v) is 11.2. The molecular formula is C35H37N5O2. The number of imidazole rings is 1. The van der Waals surface area contributed by atoms with Crippen molar-refractivity contribution in [3.8, 4) is 34.0 Å². The van der Waals surface area contributed by atoms with Crippen molar-refractivity contribution in [1.82, 2.24) is 19.8 Å². The van der Waals surface area contributed by atoms with Crippen LogP contribution >= 0.6 is 0 Å². The van der Waals surface area contributed by atoms with Crippen molar-refractivity contribution >= 4 is 22.4 Å². The predicted molar refractivity (Wildman–Crippen MR) is 171 cm³/mol. The molecule has 2 heterocycles. The summed E-state index contributed by atoms with van der Waals surface area (Å²) in [4.78, 5) is 17.6. The lowest BCUT2D eigenvalue weighted by molar-refractivity contribution is 0.261. The number of hydrogen-bond acceptors (Lipinski definition) is 6. The monoisotopic (exact) mass is 559 g/mol. The van der Waals surface area contributed by atoms with Crippen molar-refractivity contribution in [3.63, 3.8) is 0 Å². The minimum atomic E-state index is 0.662. The fourth-order valence-electron chi connectivity index (χ4n) is 5.00. The maximum atomic E-state index is 5.85. The van der Waals surface area contributed by atoms with E-state index in [0.29, 0.717) is 13.2 Å². The zero-order valence-electron chi connectivity index (χ0n) is 24.7. The molecule has 214 valence electrons. The molecule has 0 unspecified atom stereocenters. The summed E-state index contributed by atoms with van der Waals surface area (Å²) in [6, 6.07) is 29.3. The zero-order valence-corrected chi connectivity index (χ0v) is 24.7. The second-order valence-electron chi connectivity index (χ2n) is 11.2. The summed E-state index contributed by atoms with van der Waals surface area (Å²) in [7, 11) is 8.17. The summed E-state index contributed by atoms with van der Waals surface area (Å²) in [6.07, 6.45) is 0.832. The number of hydrogen-bond donors (Lipinski definition) is 1. The highest BCUT2D eigenvalue weighted by molar-refractivity contribution is 6.07. The van der Waals surface area contributed by atoms with Crippen molar-refractivity contribution in [2.24, 2.45) is 4.99 Å². The van der Waals surface area contributed by atoms with Gasteiger partial charge in [0.25, 0.3) is 0 Å². The maximum Gasteiger partial charge on any atom is 0.138 e. The van der Waals surface area contributed by atoms with Gasteiger partial charge < -0.3 is 24.3 Å². The van der Waals surface area contributed by atoms with Crippen LogP contribution in [0.15, 0.2) is 89.9 Å². The Morgan fingerprint density at radius 2 is 1.24 bits per heavy atom. The average molecular weight is 560 g/mol. The van der Waals surface area contributed by atoms with Gasteiger partial charge in [-0.25, -0.2) is 4.98 Å². The quantitative estimate of drug-likeness (QED) is 0.201. The minimum absolute atomic E-state index is 0.662. The van der Waals surface area contributed by atoms with Gasteiger partial charge in [-0.15, -0.1) is 0 Å². The molecular weight excluding hydrogens is 522 g/mol. The van der Waals surface area contributed by atoms with Gasteiger partial charge in [0.15, 0.2) is 0 Å². The first-order valence-corrected chi connectivity index (χ1v) is 14.4. The first kappa shape index (κ1) is 27.7. The average Bonchev–Trinajstić information content (AvgIpc) is 3.61. The number of aromatic amines is 1. The molecule has 1 aromatic heterocycles. The third kappa shape index (κ3) is 6.38. The highest BCUT2D eigenvalue weighted by Gasteiger charge is 2.17. The van der Waals surface area contributed by atoms with E-state index < -0.39 is 0 Å². The van der Waals surface area contributed by atoms with E-state index in [-0.39, 0.29) is 0 Å². The minimum Gasteiger partial charge on any atom is -0.492 e. The van der Waals surface area contributed by atoms with E-state index in [2.05, 4.69) is 63.3 Å². The lowest BCUT2D eigenvalue weighted by atomic mass is 10.00. The Labute approximate surface area is 247 Å². The largest absolute Gasteiger partial charge is 0.492 e. The summed E-state index contributed by atoms with van der Waals surface area (Å²) in [5.41, 5.74) is 9.75. The third-order valence-corrected chi connectivity index (χ3v) is 7.44. The van der Waals surface area contributed by atoms with Gasteiger partial charge in [0.05, 0.1) is 22.4 Å². The van der Waals surface area contributed by atoms with Crippen LogP contribution in [0.25, 0.3) is 33.5 Å². The molecule has 0 fully saturated rings. The SMILES string of the molecule is CN(C)CCOc1ccc(C2=Nc3cc(-c4ccc5nc(-c6ccc(OCCN(C)C)cc6)[nH]c5c4)ccc3C2)cc1. The number of likely N-dealkylation sites (N-methyl/N-ethyl adjacent to an activating group) is 2. The fraction of sp³-hybridized carbons (Fsp3) is 0.257. The number of H-pyrrole nitrogens is 1. The first-order chi connectivity index (χ1) is 20.4. The number of benzene rings is 4. The Hall–Kier alpha value is -4.46. The van der Waals surface area contributed by atoms with Gasteiger partial charge in [-0.1, -0.05) is 18.2 Å². The third-order valence-electron chi connectivity index (χ3n) is 7.44. The molecule has 0 amide bonds. The van der Waals surface area contributed by atoms with E-state index in [1.807, 2.05) is 64.6 Å². The van der Waals surface area contributed by atoms with Crippen LogP contribution in [0.2, 0.25) is 0 Å². The van der Waals surface area contributed by atoms with Crippen molar-refractivity contribution in [2.45, 2.75) is 6.42 Å². The van der Waals surface area contributed by atoms with E-state index >= 15 is 0 Å².